The quantitative estimate of drug-likeness (QED) is 0.172. The van der Waals surface area contributed by atoms with Crippen molar-refractivity contribution in [1.29, 1.82) is 0 Å². The summed E-state index contributed by atoms with van der Waals surface area (Å²) in [5, 5.41) is 8.02. The van der Waals surface area contributed by atoms with Gasteiger partial charge >= 0.3 is 0 Å². The van der Waals surface area contributed by atoms with Gasteiger partial charge in [-0.05, 0) is 86.1 Å². The third-order valence-corrected chi connectivity index (χ3v) is 15.2. The molecular weight excluding hydrogens is 890 g/mol. The van der Waals surface area contributed by atoms with E-state index in [1.165, 1.54) is 24.5 Å². The van der Waals surface area contributed by atoms with Gasteiger partial charge in [0.15, 0.2) is 0 Å². The van der Waals surface area contributed by atoms with Gasteiger partial charge in [0.05, 0.1) is 35.4 Å². The van der Waals surface area contributed by atoms with Crippen molar-refractivity contribution in [3.05, 3.63) is 129 Å². The van der Waals surface area contributed by atoms with Gasteiger partial charge in [0.1, 0.15) is 24.5 Å². The standard InChI is InChI=1S/C53H64FN11O5/c54-47-11-10-39(28-48-44-8-1-2-9-45(44)52(68)58-57-48)27-46(47)53(69)64-23-21-63(22-24-64)50(66)35-61-19-17-60(18-20-61)31-38-12-15-59(16-13-38)25-26-70-43-7-3-5-40(29-43)41-6-4-14-65(33-41)51(67)36-62-32-42-30-55-37-56-49(42)34-62/h1-3,5,7-11,27,29-30,37-38,41H,4,6,12-26,28,31-36H2,(H,58,68)/t41-/m1/s1. The molecule has 3 amide bonds. The summed E-state index contributed by atoms with van der Waals surface area (Å²) >= 11 is 0. The molecule has 10 rings (SSSR count). The number of rotatable bonds is 14. The molecule has 0 unspecified atom stereocenters. The van der Waals surface area contributed by atoms with E-state index in [2.05, 4.69) is 58.0 Å². The molecule has 5 aliphatic heterocycles. The lowest BCUT2D eigenvalue weighted by Crippen LogP contribution is -2.55. The molecule has 0 spiro atoms. The zero-order valence-electron chi connectivity index (χ0n) is 40.0. The third-order valence-electron chi connectivity index (χ3n) is 15.2. The van der Waals surface area contributed by atoms with Crippen molar-refractivity contribution in [1.82, 2.24) is 54.5 Å². The number of fused-ring (bicyclic) bond motifs is 2. The van der Waals surface area contributed by atoms with Gasteiger partial charge in [-0.1, -0.05) is 36.4 Å². The molecule has 4 saturated heterocycles. The molecule has 2 aromatic heterocycles. The van der Waals surface area contributed by atoms with Crippen LogP contribution in [0.1, 0.15) is 70.0 Å². The molecule has 1 N–H and O–H groups in total. The molecule has 0 radical (unpaired) electrons. The Morgan fingerprint density at radius 1 is 0.729 bits per heavy atom. The Hall–Kier alpha value is -6.14. The van der Waals surface area contributed by atoms with E-state index in [-0.39, 0.29) is 22.9 Å². The number of ether oxygens (including phenoxy) is 1. The summed E-state index contributed by atoms with van der Waals surface area (Å²) in [4.78, 5) is 76.1. The van der Waals surface area contributed by atoms with Crippen molar-refractivity contribution in [2.45, 2.75) is 51.1 Å². The SMILES string of the molecule is O=C(CN1CCN(CC2CCN(CCOc3cccc([C@@H]4CCCN(C(=O)CN5Cc6cncnc6C5)C4)c3)CC2)CC1)N1CCN(C(=O)c2cc(Cc3n[nH]c(=O)c4ccccc34)ccc2F)CC1. The highest BCUT2D eigenvalue weighted by atomic mass is 19.1. The number of hydrogen-bond donors (Lipinski definition) is 1. The Labute approximate surface area is 408 Å². The molecule has 368 valence electrons. The summed E-state index contributed by atoms with van der Waals surface area (Å²) in [5.41, 5.74) is 4.44. The molecule has 1 atom stereocenters. The van der Waals surface area contributed by atoms with Crippen LogP contribution in [-0.2, 0) is 29.1 Å². The number of nitrogens with one attached hydrogen (secondary N) is 1. The van der Waals surface area contributed by atoms with Gasteiger partial charge in [0.2, 0.25) is 11.8 Å². The Morgan fingerprint density at radius 2 is 1.49 bits per heavy atom. The van der Waals surface area contributed by atoms with Crippen LogP contribution in [0.2, 0.25) is 0 Å². The molecule has 16 nitrogen and oxygen atoms in total. The number of likely N-dealkylation sites (tertiary alicyclic amines) is 2. The number of amides is 3. The van der Waals surface area contributed by atoms with Crippen LogP contribution in [0.5, 0.6) is 5.75 Å². The van der Waals surface area contributed by atoms with Crippen LogP contribution >= 0.6 is 0 Å². The van der Waals surface area contributed by atoms with Gasteiger partial charge < -0.3 is 24.3 Å². The molecule has 3 aromatic carbocycles. The Kier molecular flexibility index (Phi) is 14.9. The van der Waals surface area contributed by atoms with Gasteiger partial charge in [-0.2, -0.15) is 5.10 Å². The van der Waals surface area contributed by atoms with E-state index in [1.807, 2.05) is 34.2 Å². The molecule has 0 saturated carbocycles. The lowest BCUT2D eigenvalue weighted by Gasteiger charge is -2.40. The van der Waals surface area contributed by atoms with Gasteiger partial charge in [-0.25, -0.2) is 19.5 Å². The number of H-pyrrole nitrogens is 1. The van der Waals surface area contributed by atoms with E-state index >= 15 is 4.39 Å². The molecule has 70 heavy (non-hydrogen) atoms. The minimum Gasteiger partial charge on any atom is -0.492 e. The van der Waals surface area contributed by atoms with Crippen molar-refractivity contribution < 1.29 is 23.5 Å². The molecule has 0 aliphatic carbocycles. The predicted molar refractivity (Wildman–Crippen MR) is 263 cm³/mol. The van der Waals surface area contributed by atoms with Crippen LogP contribution in [0.15, 0.2) is 84.0 Å². The van der Waals surface area contributed by atoms with E-state index in [0.29, 0.717) is 92.7 Å². The first-order chi connectivity index (χ1) is 34.2. The third kappa shape index (κ3) is 11.4. The Balaban J connectivity index is 0.600. The largest absolute Gasteiger partial charge is 0.492 e. The first kappa shape index (κ1) is 47.5. The first-order valence-corrected chi connectivity index (χ1v) is 25.2. The molecule has 4 fully saturated rings. The van der Waals surface area contributed by atoms with Crippen molar-refractivity contribution >= 4 is 28.5 Å². The van der Waals surface area contributed by atoms with E-state index in [0.717, 1.165) is 102 Å². The number of aromatic nitrogens is 4. The van der Waals surface area contributed by atoms with Crippen molar-refractivity contribution in [2.75, 3.05) is 111 Å². The number of piperidine rings is 2. The second-order valence-electron chi connectivity index (χ2n) is 19.8. The second-order valence-corrected chi connectivity index (χ2v) is 19.8. The number of halogens is 1. The number of nitrogens with zero attached hydrogens (tertiary/aromatic N) is 10. The van der Waals surface area contributed by atoms with Gasteiger partial charge in [0, 0.05) is 121 Å². The maximum Gasteiger partial charge on any atom is 0.272 e. The molecule has 5 aliphatic rings. The monoisotopic (exact) mass is 954 g/mol. The van der Waals surface area contributed by atoms with E-state index in [1.54, 1.807) is 35.5 Å². The van der Waals surface area contributed by atoms with Gasteiger partial charge in [0.25, 0.3) is 11.5 Å². The van der Waals surface area contributed by atoms with Crippen LogP contribution in [-0.4, -0.2) is 184 Å². The molecule has 17 heteroatoms. The van der Waals surface area contributed by atoms with Crippen molar-refractivity contribution in [3.8, 4) is 5.75 Å². The molecule has 0 bridgehead atoms. The van der Waals surface area contributed by atoms with Crippen molar-refractivity contribution in [3.63, 3.8) is 0 Å². The number of benzene rings is 3. The maximum absolute atomic E-state index is 15.1. The lowest BCUT2D eigenvalue weighted by molar-refractivity contribution is -0.134. The summed E-state index contributed by atoms with van der Waals surface area (Å²) in [6, 6.07) is 20.2. The fourth-order valence-electron chi connectivity index (χ4n) is 11.1. The van der Waals surface area contributed by atoms with Gasteiger partial charge in [-0.15, -0.1) is 0 Å². The smallest absolute Gasteiger partial charge is 0.272 e. The van der Waals surface area contributed by atoms with E-state index in [9.17, 15) is 19.2 Å². The predicted octanol–water partition coefficient (Wildman–Crippen LogP) is 3.86. The van der Waals surface area contributed by atoms with Crippen LogP contribution in [0.25, 0.3) is 10.8 Å². The zero-order chi connectivity index (χ0) is 48.0. The number of carbonyl (C=O) groups excluding carboxylic acids is 3. The minimum absolute atomic E-state index is 0.00540. The van der Waals surface area contributed by atoms with E-state index < -0.39 is 11.7 Å². The minimum atomic E-state index is -0.590. The summed E-state index contributed by atoms with van der Waals surface area (Å²) in [6.07, 6.45) is 8.16. The molecule has 5 aromatic rings. The topological polar surface area (TPSA) is 155 Å². The molecular formula is C53H64FN11O5. The number of piperazine rings is 2. The highest BCUT2D eigenvalue weighted by molar-refractivity contribution is 5.95. The average Bonchev–Trinajstić information content (AvgIpc) is 3.81. The summed E-state index contributed by atoms with van der Waals surface area (Å²) in [7, 11) is 0. The first-order valence-electron chi connectivity index (χ1n) is 25.2. The highest BCUT2D eigenvalue weighted by Crippen LogP contribution is 2.30. The normalized spacial score (nSPS) is 20.0. The van der Waals surface area contributed by atoms with Gasteiger partial charge in [-0.3, -0.25) is 33.9 Å². The fourth-order valence-corrected chi connectivity index (χ4v) is 11.1. The zero-order valence-corrected chi connectivity index (χ0v) is 40.0. The second kappa shape index (κ2) is 21.9. The maximum atomic E-state index is 15.1. The average molecular weight is 954 g/mol. The Morgan fingerprint density at radius 3 is 2.30 bits per heavy atom. The van der Waals surface area contributed by atoms with Crippen LogP contribution in [0, 0.1) is 11.7 Å². The van der Waals surface area contributed by atoms with Crippen LogP contribution in [0.3, 0.4) is 0 Å². The molecule has 7 heterocycles. The lowest BCUT2D eigenvalue weighted by atomic mass is 9.90. The van der Waals surface area contributed by atoms with Crippen LogP contribution < -0.4 is 10.3 Å². The van der Waals surface area contributed by atoms with Crippen LogP contribution in [0.4, 0.5) is 4.39 Å². The number of hydrogen-bond acceptors (Lipinski definition) is 12. The highest BCUT2D eigenvalue weighted by Gasteiger charge is 2.31. The van der Waals surface area contributed by atoms with Crippen molar-refractivity contribution in [2.24, 2.45) is 5.92 Å². The van der Waals surface area contributed by atoms with E-state index in [4.69, 9.17) is 4.74 Å². The summed E-state index contributed by atoms with van der Waals surface area (Å²) in [6.45, 7) is 13.6. The summed E-state index contributed by atoms with van der Waals surface area (Å²) < 4.78 is 21.4. The number of aromatic amines is 1. The number of carbonyl (C=O) groups is 3. The summed E-state index contributed by atoms with van der Waals surface area (Å²) in [5.74, 6) is 1.13. The Bertz CT molecular complexity index is 2690. The fraction of sp³-hybridized carbons (Fsp3) is 0.491.